The molecule has 0 radical (unpaired) electrons. The zero-order chi connectivity index (χ0) is 21.7. The summed E-state index contributed by atoms with van der Waals surface area (Å²) in [6, 6.07) is 11.0. The Morgan fingerprint density at radius 1 is 0.833 bits per heavy atom. The molecule has 0 saturated carbocycles. The molecule has 9 heteroatoms. The molecule has 0 aromatic heterocycles. The van der Waals surface area contributed by atoms with Crippen LogP contribution in [0.4, 0.5) is 8.78 Å². The van der Waals surface area contributed by atoms with Gasteiger partial charge in [-0.15, -0.1) is 0 Å². The Morgan fingerprint density at radius 3 is 1.97 bits per heavy atom. The van der Waals surface area contributed by atoms with E-state index in [2.05, 4.69) is 4.74 Å². The van der Waals surface area contributed by atoms with E-state index in [1.165, 1.54) is 32.4 Å². The molecule has 1 heterocycles. The predicted octanol–water partition coefficient (Wildman–Crippen LogP) is 2.90. The van der Waals surface area contributed by atoms with Crippen LogP contribution in [0.5, 0.6) is 17.2 Å². The fourth-order valence-electron chi connectivity index (χ4n) is 3.23. The van der Waals surface area contributed by atoms with Crippen LogP contribution in [-0.2, 0) is 0 Å². The summed E-state index contributed by atoms with van der Waals surface area (Å²) in [5.74, 6) is 0.0325. The first-order valence-electron chi connectivity index (χ1n) is 9.28. The van der Waals surface area contributed by atoms with E-state index in [0.29, 0.717) is 37.5 Å². The SMILES string of the molecule is COc1cccc(C(=O)N2CCN(C(=O)c3ccc(OC)c(OC(F)F)c3)CC2)c1. The zero-order valence-corrected chi connectivity index (χ0v) is 16.6. The maximum absolute atomic E-state index is 12.8. The number of hydrogen-bond donors (Lipinski definition) is 0. The van der Waals surface area contributed by atoms with Gasteiger partial charge in [0.05, 0.1) is 14.2 Å². The van der Waals surface area contributed by atoms with E-state index in [1.807, 2.05) is 0 Å². The molecule has 0 spiro atoms. The number of carbonyl (C=O) groups is 2. The van der Waals surface area contributed by atoms with Crippen molar-refractivity contribution in [3.05, 3.63) is 53.6 Å². The molecule has 0 bridgehead atoms. The van der Waals surface area contributed by atoms with Gasteiger partial charge in [-0.25, -0.2) is 0 Å². The molecule has 0 aliphatic carbocycles. The van der Waals surface area contributed by atoms with Crippen molar-refractivity contribution >= 4 is 11.8 Å². The quantitative estimate of drug-likeness (QED) is 0.719. The van der Waals surface area contributed by atoms with E-state index in [1.54, 1.807) is 34.1 Å². The number of hydrogen-bond acceptors (Lipinski definition) is 5. The number of rotatable bonds is 6. The Bertz CT molecular complexity index is 914. The predicted molar refractivity (Wildman–Crippen MR) is 104 cm³/mol. The van der Waals surface area contributed by atoms with Crippen molar-refractivity contribution in [2.75, 3.05) is 40.4 Å². The minimum Gasteiger partial charge on any atom is -0.497 e. The second-order valence-electron chi connectivity index (χ2n) is 6.56. The van der Waals surface area contributed by atoms with Crippen molar-refractivity contribution in [3.8, 4) is 17.2 Å². The lowest BCUT2D eigenvalue weighted by atomic mass is 10.1. The van der Waals surface area contributed by atoms with Gasteiger partial charge in [-0.05, 0) is 36.4 Å². The van der Waals surface area contributed by atoms with Gasteiger partial charge >= 0.3 is 6.61 Å². The first-order valence-corrected chi connectivity index (χ1v) is 9.28. The Kier molecular flexibility index (Phi) is 6.71. The normalized spacial score (nSPS) is 13.9. The van der Waals surface area contributed by atoms with E-state index in [4.69, 9.17) is 9.47 Å². The minimum absolute atomic E-state index is 0.112. The molecule has 0 N–H and O–H groups in total. The molecular formula is C21H22F2N2O5. The van der Waals surface area contributed by atoms with Gasteiger partial charge in [-0.2, -0.15) is 8.78 Å². The van der Waals surface area contributed by atoms with E-state index in [-0.39, 0.29) is 28.9 Å². The van der Waals surface area contributed by atoms with Crippen LogP contribution >= 0.6 is 0 Å². The highest BCUT2D eigenvalue weighted by atomic mass is 19.3. The van der Waals surface area contributed by atoms with Gasteiger partial charge in [-0.3, -0.25) is 9.59 Å². The fraction of sp³-hybridized carbons (Fsp3) is 0.333. The van der Waals surface area contributed by atoms with Gasteiger partial charge in [0, 0.05) is 37.3 Å². The van der Waals surface area contributed by atoms with Crippen LogP contribution in [0.15, 0.2) is 42.5 Å². The van der Waals surface area contributed by atoms with Crippen molar-refractivity contribution in [2.24, 2.45) is 0 Å². The van der Waals surface area contributed by atoms with Crippen LogP contribution in [0.25, 0.3) is 0 Å². The number of amides is 2. The summed E-state index contributed by atoms with van der Waals surface area (Å²) in [7, 11) is 2.86. The summed E-state index contributed by atoms with van der Waals surface area (Å²) in [4.78, 5) is 28.7. The number of nitrogens with zero attached hydrogens (tertiary/aromatic N) is 2. The standard InChI is InChI=1S/C21H22F2N2O5/c1-28-16-5-3-4-14(12-16)19(26)24-8-10-25(11-9-24)20(27)15-6-7-17(29-2)18(13-15)30-21(22)23/h3-7,12-13,21H,8-11H2,1-2H3. The monoisotopic (exact) mass is 420 g/mol. The molecule has 3 rings (SSSR count). The van der Waals surface area contributed by atoms with Crippen LogP contribution in [0.2, 0.25) is 0 Å². The Labute approximate surface area is 172 Å². The average molecular weight is 420 g/mol. The molecular weight excluding hydrogens is 398 g/mol. The van der Waals surface area contributed by atoms with Crippen molar-refractivity contribution in [2.45, 2.75) is 6.61 Å². The lowest BCUT2D eigenvalue weighted by Crippen LogP contribution is -2.50. The van der Waals surface area contributed by atoms with Crippen molar-refractivity contribution in [3.63, 3.8) is 0 Å². The second-order valence-corrected chi connectivity index (χ2v) is 6.56. The van der Waals surface area contributed by atoms with Crippen molar-refractivity contribution < 1.29 is 32.6 Å². The topological polar surface area (TPSA) is 68.3 Å². The molecule has 2 aromatic rings. The highest BCUT2D eigenvalue weighted by Crippen LogP contribution is 2.30. The molecule has 0 unspecified atom stereocenters. The van der Waals surface area contributed by atoms with Gasteiger partial charge in [0.15, 0.2) is 11.5 Å². The molecule has 1 aliphatic rings. The third kappa shape index (κ3) is 4.79. The van der Waals surface area contributed by atoms with Crippen LogP contribution in [0, 0.1) is 0 Å². The molecule has 1 aliphatic heterocycles. The number of methoxy groups -OCH3 is 2. The highest BCUT2D eigenvalue weighted by Gasteiger charge is 2.26. The summed E-state index contributed by atoms with van der Waals surface area (Å²) >= 11 is 0. The van der Waals surface area contributed by atoms with E-state index >= 15 is 0 Å². The van der Waals surface area contributed by atoms with Crippen LogP contribution in [0.1, 0.15) is 20.7 Å². The Balaban J connectivity index is 1.66. The molecule has 0 atom stereocenters. The third-order valence-corrected chi connectivity index (χ3v) is 4.80. The Hall–Kier alpha value is -3.36. The van der Waals surface area contributed by atoms with E-state index in [9.17, 15) is 18.4 Å². The molecule has 160 valence electrons. The number of ether oxygens (including phenoxy) is 3. The Morgan fingerprint density at radius 2 is 1.43 bits per heavy atom. The van der Waals surface area contributed by atoms with E-state index in [0.717, 1.165) is 0 Å². The number of benzene rings is 2. The molecule has 2 amide bonds. The zero-order valence-electron chi connectivity index (χ0n) is 16.6. The molecule has 1 fully saturated rings. The summed E-state index contributed by atoms with van der Waals surface area (Å²) < 4.78 is 39.8. The smallest absolute Gasteiger partial charge is 0.387 e. The summed E-state index contributed by atoms with van der Waals surface area (Å²) in [5.41, 5.74) is 0.720. The van der Waals surface area contributed by atoms with Crippen LogP contribution in [-0.4, -0.2) is 68.6 Å². The highest BCUT2D eigenvalue weighted by molar-refractivity contribution is 5.96. The minimum atomic E-state index is -3.03. The van der Waals surface area contributed by atoms with Gasteiger partial charge in [0.25, 0.3) is 11.8 Å². The first kappa shape index (κ1) is 21.4. The van der Waals surface area contributed by atoms with Crippen molar-refractivity contribution in [1.82, 2.24) is 9.80 Å². The number of carbonyl (C=O) groups excluding carboxylic acids is 2. The number of halogens is 2. The number of piperazine rings is 1. The van der Waals surface area contributed by atoms with Gasteiger partial charge in [0.1, 0.15) is 5.75 Å². The number of alkyl halides is 2. The molecule has 1 saturated heterocycles. The average Bonchev–Trinajstić information content (AvgIpc) is 2.77. The van der Waals surface area contributed by atoms with Crippen LogP contribution < -0.4 is 14.2 Å². The second kappa shape index (κ2) is 9.43. The lowest BCUT2D eigenvalue weighted by molar-refractivity contribution is -0.0512. The lowest BCUT2D eigenvalue weighted by Gasteiger charge is -2.35. The molecule has 30 heavy (non-hydrogen) atoms. The molecule has 2 aromatic carbocycles. The van der Waals surface area contributed by atoms with Gasteiger partial charge in [-0.1, -0.05) is 6.07 Å². The van der Waals surface area contributed by atoms with Crippen LogP contribution in [0.3, 0.4) is 0 Å². The fourth-order valence-corrected chi connectivity index (χ4v) is 3.23. The third-order valence-electron chi connectivity index (χ3n) is 4.80. The van der Waals surface area contributed by atoms with Crippen molar-refractivity contribution in [1.29, 1.82) is 0 Å². The molecule has 7 nitrogen and oxygen atoms in total. The van der Waals surface area contributed by atoms with Gasteiger partial charge < -0.3 is 24.0 Å². The maximum Gasteiger partial charge on any atom is 0.387 e. The van der Waals surface area contributed by atoms with Gasteiger partial charge in [0.2, 0.25) is 0 Å². The summed E-state index contributed by atoms with van der Waals surface area (Å²) in [6.45, 7) is -1.66. The summed E-state index contributed by atoms with van der Waals surface area (Å²) in [6.07, 6.45) is 0. The maximum atomic E-state index is 12.8. The summed E-state index contributed by atoms with van der Waals surface area (Å²) in [5, 5.41) is 0. The first-order chi connectivity index (χ1) is 14.4. The van der Waals surface area contributed by atoms with E-state index < -0.39 is 6.61 Å². The largest absolute Gasteiger partial charge is 0.497 e.